The topological polar surface area (TPSA) is 81.1 Å². The summed E-state index contributed by atoms with van der Waals surface area (Å²) in [6.07, 6.45) is 2.52. The van der Waals surface area contributed by atoms with Crippen molar-refractivity contribution in [2.24, 2.45) is 11.7 Å². The van der Waals surface area contributed by atoms with Gasteiger partial charge in [-0.1, -0.05) is 6.92 Å². The summed E-state index contributed by atoms with van der Waals surface area (Å²) in [4.78, 5) is 8.37. The zero-order valence-electron chi connectivity index (χ0n) is 10.2. The van der Waals surface area contributed by atoms with Gasteiger partial charge in [0.1, 0.15) is 12.1 Å². The van der Waals surface area contributed by atoms with Crippen LogP contribution in [0.4, 0.5) is 5.82 Å². The number of aryl methyl sites for hydroxylation is 1. The molecule has 6 nitrogen and oxygen atoms in total. The van der Waals surface area contributed by atoms with Crippen molar-refractivity contribution < 1.29 is 0 Å². The quantitative estimate of drug-likeness (QED) is 0.800. The van der Waals surface area contributed by atoms with E-state index in [1.54, 1.807) is 4.52 Å². The smallest absolute Gasteiger partial charge is 0.254 e. The van der Waals surface area contributed by atoms with Gasteiger partial charge in [-0.2, -0.15) is 14.6 Å². The van der Waals surface area contributed by atoms with E-state index in [1.165, 1.54) is 6.33 Å². The molecule has 0 fully saturated rings. The maximum atomic E-state index is 5.53. The Hall–Kier alpha value is -1.69. The maximum absolute atomic E-state index is 5.53. The molecule has 1 unspecified atom stereocenters. The normalized spacial score (nSPS) is 12.9. The number of nitrogens with one attached hydrogen (secondary N) is 1. The molecular weight excluding hydrogens is 216 g/mol. The van der Waals surface area contributed by atoms with Crippen molar-refractivity contribution in [3.63, 3.8) is 0 Å². The highest BCUT2D eigenvalue weighted by Gasteiger charge is 2.06. The third kappa shape index (κ3) is 2.71. The average molecular weight is 234 g/mol. The highest BCUT2D eigenvalue weighted by molar-refractivity contribution is 5.44. The molecule has 2 aromatic rings. The van der Waals surface area contributed by atoms with E-state index >= 15 is 0 Å². The molecule has 92 valence electrons. The molecular formula is C11H18N6. The van der Waals surface area contributed by atoms with Gasteiger partial charge in [0.25, 0.3) is 5.78 Å². The molecule has 6 heteroatoms. The van der Waals surface area contributed by atoms with Gasteiger partial charge in [-0.15, -0.1) is 0 Å². The van der Waals surface area contributed by atoms with Crippen LogP contribution in [-0.4, -0.2) is 32.7 Å². The van der Waals surface area contributed by atoms with Gasteiger partial charge in [-0.25, -0.2) is 4.98 Å². The molecule has 0 aliphatic carbocycles. The van der Waals surface area contributed by atoms with Crippen molar-refractivity contribution in [1.29, 1.82) is 0 Å². The number of anilines is 1. The van der Waals surface area contributed by atoms with E-state index < -0.39 is 0 Å². The lowest BCUT2D eigenvalue weighted by molar-refractivity contribution is 0.566. The number of fused-ring (bicyclic) bond motifs is 1. The first-order valence-electron chi connectivity index (χ1n) is 5.82. The fraction of sp³-hybridized carbons (Fsp3) is 0.545. The molecule has 0 spiro atoms. The summed E-state index contributed by atoms with van der Waals surface area (Å²) < 4.78 is 1.71. The Bertz CT molecular complexity index is 492. The summed E-state index contributed by atoms with van der Waals surface area (Å²) >= 11 is 0. The second kappa shape index (κ2) is 5.09. The van der Waals surface area contributed by atoms with Crippen molar-refractivity contribution >= 4 is 11.6 Å². The first-order chi connectivity index (χ1) is 8.20. The van der Waals surface area contributed by atoms with E-state index in [1.807, 2.05) is 13.0 Å². The van der Waals surface area contributed by atoms with Crippen molar-refractivity contribution in [3.05, 3.63) is 18.1 Å². The van der Waals surface area contributed by atoms with Gasteiger partial charge in [-0.3, -0.25) is 0 Å². The van der Waals surface area contributed by atoms with Crippen LogP contribution in [0, 0.1) is 12.8 Å². The van der Waals surface area contributed by atoms with Crippen molar-refractivity contribution in [1.82, 2.24) is 19.6 Å². The zero-order chi connectivity index (χ0) is 12.3. The number of nitrogens with two attached hydrogens (primary N) is 1. The fourth-order valence-electron chi connectivity index (χ4n) is 1.72. The Balaban J connectivity index is 2.14. The summed E-state index contributed by atoms with van der Waals surface area (Å²) in [7, 11) is 0. The van der Waals surface area contributed by atoms with Gasteiger partial charge in [0.15, 0.2) is 0 Å². The monoisotopic (exact) mass is 234 g/mol. The Morgan fingerprint density at radius 3 is 3.12 bits per heavy atom. The van der Waals surface area contributed by atoms with Crippen LogP contribution in [0.2, 0.25) is 0 Å². The Morgan fingerprint density at radius 2 is 2.35 bits per heavy atom. The Morgan fingerprint density at radius 1 is 1.53 bits per heavy atom. The molecule has 0 aliphatic rings. The predicted octanol–water partition coefficient (Wildman–Crippen LogP) is 0.830. The van der Waals surface area contributed by atoms with Crippen LogP contribution in [0.3, 0.4) is 0 Å². The summed E-state index contributed by atoms with van der Waals surface area (Å²) in [5.74, 6) is 2.08. The van der Waals surface area contributed by atoms with E-state index in [0.717, 1.165) is 31.0 Å². The minimum absolute atomic E-state index is 0.534. The van der Waals surface area contributed by atoms with Crippen LogP contribution >= 0.6 is 0 Å². The maximum Gasteiger partial charge on any atom is 0.254 e. The lowest BCUT2D eigenvalue weighted by Gasteiger charge is -2.13. The SMILES string of the molecule is Cc1cc(NCC(C)CCN)n2ncnc2n1. The van der Waals surface area contributed by atoms with E-state index in [9.17, 15) is 0 Å². The van der Waals surface area contributed by atoms with Gasteiger partial charge in [0.05, 0.1) is 0 Å². The van der Waals surface area contributed by atoms with Crippen molar-refractivity contribution in [3.8, 4) is 0 Å². The molecule has 2 aromatic heterocycles. The fourth-order valence-corrected chi connectivity index (χ4v) is 1.72. The van der Waals surface area contributed by atoms with Crippen LogP contribution in [0.15, 0.2) is 12.4 Å². The second-order valence-corrected chi connectivity index (χ2v) is 4.32. The number of hydrogen-bond donors (Lipinski definition) is 2. The van der Waals surface area contributed by atoms with Crippen LogP contribution in [0.5, 0.6) is 0 Å². The first-order valence-corrected chi connectivity index (χ1v) is 5.82. The molecule has 2 heterocycles. The summed E-state index contributed by atoms with van der Waals surface area (Å²) in [6, 6.07) is 1.97. The number of nitrogens with zero attached hydrogens (tertiary/aromatic N) is 4. The summed E-state index contributed by atoms with van der Waals surface area (Å²) in [5, 5.41) is 7.50. The third-order valence-corrected chi connectivity index (χ3v) is 2.67. The number of hydrogen-bond acceptors (Lipinski definition) is 5. The molecule has 0 saturated carbocycles. The molecule has 1 atom stereocenters. The third-order valence-electron chi connectivity index (χ3n) is 2.67. The highest BCUT2D eigenvalue weighted by Crippen LogP contribution is 2.11. The molecule has 17 heavy (non-hydrogen) atoms. The predicted molar refractivity (Wildman–Crippen MR) is 66.8 cm³/mol. The van der Waals surface area contributed by atoms with Gasteiger partial charge >= 0.3 is 0 Å². The lowest BCUT2D eigenvalue weighted by atomic mass is 10.1. The number of aromatic nitrogens is 4. The molecule has 0 amide bonds. The van der Waals surface area contributed by atoms with Gasteiger partial charge < -0.3 is 11.1 Å². The van der Waals surface area contributed by atoms with E-state index in [0.29, 0.717) is 11.7 Å². The van der Waals surface area contributed by atoms with E-state index in [-0.39, 0.29) is 0 Å². The minimum Gasteiger partial charge on any atom is -0.370 e. The zero-order valence-corrected chi connectivity index (χ0v) is 10.2. The molecule has 2 rings (SSSR count). The summed E-state index contributed by atoms with van der Waals surface area (Å²) in [5.41, 5.74) is 6.46. The van der Waals surface area contributed by atoms with Gasteiger partial charge in [0.2, 0.25) is 0 Å². The molecule has 0 bridgehead atoms. The minimum atomic E-state index is 0.534. The average Bonchev–Trinajstić information content (AvgIpc) is 2.74. The molecule has 0 aliphatic heterocycles. The standard InChI is InChI=1S/C11H18N6/c1-8(3-4-12)6-13-10-5-9(2)16-11-14-7-15-17(10)11/h5,7-8,13H,3-4,6,12H2,1-2H3. The van der Waals surface area contributed by atoms with Crippen LogP contribution in [0.1, 0.15) is 19.0 Å². The van der Waals surface area contributed by atoms with Crippen LogP contribution in [0.25, 0.3) is 5.78 Å². The molecule has 0 radical (unpaired) electrons. The first kappa shape index (κ1) is 11.8. The van der Waals surface area contributed by atoms with E-state index in [4.69, 9.17) is 5.73 Å². The van der Waals surface area contributed by atoms with Gasteiger partial charge in [0, 0.05) is 18.3 Å². The Kier molecular flexibility index (Phi) is 3.53. The number of rotatable bonds is 5. The van der Waals surface area contributed by atoms with Gasteiger partial charge in [-0.05, 0) is 25.8 Å². The molecule has 0 aromatic carbocycles. The second-order valence-electron chi connectivity index (χ2n) is 4.32. The van der Waals surface area contributed by atoms with Crippen LogP contribution in [-0.2, 0) is 0 Å². The summed E-state index contributed by atoms with van der Waals surface area (Å²) in [6.45, 7) is 5.71. The molecule has 0 saturated heterocycles. The largest absolute Gasteiger partial charge is 0.370 e. The highest BCUT2D eigenvalue weighted by atomic mass is 15.3. The van der Waals surface area contributed by atoms with E-state index in [2.05, 4.69) is 27.3 Å². The van der Waals surface area contributed by atoms with Crippen molar-refractivity contribution in [2.75, 3.05) is 18.4 Å². The van der Waals surface area contributed by atoms with Crippen molar-refractivity contribution in [2.45, 2.75) is 20.3 Å². The Labute approximate surface area is 100 Å². The lowest BCUT2D eigenvalue weighted by Crippen LogP contribution is -2.17. The molecule has 3 N–H and O–H groups in total. The van der Waals surface area contributed by atoms with Crippen LogP contribution < -0.4 is 11.1 Å².